The summed E-state index contributed by atoms with van der Waals surface area (Å²) in [6.45, 7) is 2.18. The van der Waals surface area contributed by atoms with Crippen molar-refractivity contribution in [1.82, 2.24) is 9.97 Å². The third-order valence-corrected chi connectivity index (χ3v) is 12.4. The number of aromatic nitrogens is 2. The normalized spacial score (nSPS) is 16.7. The van der Waals surface area contributed by atoms with Crippen molar-refractivity contribution in [2.24, 2.45) is 5.92 Å². The van der Waals surface area contributed by atoms with Gasteiger partial charge in [-0.25, -0.2) is 9.97 Å². The lowest BCUT2D eigenvalue weighted by Gasteiger charge is -2.36. The molecule has 0 amide bonds. The number of fused-ring (bicyclic) bond motifs is 10. The Hall–Kier alpha value is -6.90. The molecule has 1 heterocycles. The highest BCUT2D eigenvalue weighted by Gasteiger charge is 2.58. The number of hydrogen-bond donors (Lipinski definition) is 0. The summed E-state index contributed by atoms with van der Waals surface area (Å²) in [5.74, 6) is 1.19. The van der Waals surface area contributed by atoms with E-state index in [9.17, 15) is 0 Å². The molecule has 2 nitrogen and oxygen atoms in total. The number of rotatable bonds is 5. The lowest BCUT2D eigenvalue weighted by atomic mass is 9.64. The number of nitrogens with zero attached hydrogens (tertiary/aromatic N) is 2. The molecule has 56 heavy (non-hydrogen) atoms. The van der Waals surface area contributed by atoms with Gasteiger partial charge in [0.05, 0.1) is 16.8 Å². The monoisotopic (exact) mass is 714 g/mol. The van der Waals surface area contributed by atoms with Gasteiger partial charge in [0.1, 0.15) is 0 Å². The Morgan fingerprint density at radius 2 is 0.893 bits per heavy atom. The van der Waals surface area contributed by atoms with E-state index in [2.05, 4.69) is 207 Å². The average Bonchev–Trinajstić information content (AvgIpc) is 3.75. The van der Waals surface area contributed by atoms with E-state index in [1.807, 2.05) is 0 Å². The highest BCUT2D eigenvalue weighted by Crippen LogP contribution is 2.66. The van der Waals surface area contributed by atoms with Crippen molar-refractivity contribution in [3.8, 4) is 67.3 Å². The molecule has 1 spiro atoms. The topological polar surface area (TPSA) is 25.8 Å². The Morgan fingerprint density at radius 3 is 1.48 bits per heavy atom. The van der Waals surface area contributed by atoms with Gasteiger partial charge in [0.25, 0.3) is 0 Å². The van der Waals surface area contributed by atoms with Crippen LogP contribution >= 0.6 is 0 Å². The zero-order valence-corrected chi connectivity index (χ0v) is 31.1. The van der Waals surface area contributed by atoms with Crippen molar-refractivity contribution < 1.29 is 0 Å². The molecule has 0 fully saturated rings. The fraction of sp³-hybridized carbons (Fsp3) is 0.0741. The first-order chi connectivity index (χ1) is 27.7. The van der Waals surface area contributed by atoms with Crippen molar-refractivity contribution in [2.75, 3.05) is 0 Å². The molecule has 3 aliphatic rings. The Morgan fingerprint density at radius 1 is 0.429 bits per heavy atom. The maximum atomic E-state index is 5.63. The average molecular weight is 715 g/mol. The summed E-state index contributed by atoms with van der Waals surface area (Å²) in [6.07, 6.45) is 9.32. The van der Waals surface area contributed by atoms with Crippen LogP contribution in [0.5, 0.6) is 0 Å². The molecule has 11 rings (SSSR count). The zero-order chi connectivity index (χ0) is 37.2. The molecule has 0 N–H and O–H groups in total. The Kier molecular flexibility index (Phi) is 7.47. The molecule has 2 heteroatoms. The predicted octanol–water partition coefficient (Wildman–Crippen LogP) is 13.3. The summed E-state index contributed by atoms with van der Waals surface area (Å²) >= 11 is 0. The smallest absolute Gasteiger partial charge is 0.160 e. The summed E-state index contributed by atoms with van der Waals surface area (Å²) in [5, 5.41) is 0. The summed E-state index contributed by atoms with van der Waals surface area (Å²) < 4.78 is 0. The van der Waals surface area contributed by atoms with E-state index in [0.717, 1.165) is 50.6 Å². The SMILES string of the molecule is Cc1c(-c2cccc(-c3ccccc3)c2)nc(-c2cccc3c2C2(c4ccccc4-c4ccccc42)C2C=CC=CC32)nc1-c1cccc(-c2ccccc2)c1. The lowest BCUT2D eigenvalue weighted by Crippen LogP contribution is -2.33. The summed E-state index contributed by atoms with van der Waals surface area (Å²) in [4.78, 5) is 11.3. The molecule has 2 atom stereocenters. The Balaban J connectivity index is 1.20. The van der Waals surface area contributed by atoms with Gasteiger partial charge in [0, 0.05) is 34.1 Å². The second-order valence-electron chi connectivity index (χ2n) is 15.3. The van der Waals surface area contributed by atoms with Gasteiger partial charge in [-0.3, -0.25) is 0 Å². The molecule has 264 valence electrons. The van der Waals surface area contributed by atoms with Gasteiger partial charge >= 0.3 is 0 Å². The molecule has 1 aromatic heterocycles. The predicted molar refractivity (Wildman–Crippen MR) is 230 cm³/mol. The number of allylic oxidation sites excluding steroid dienone is 4. The van der Waals surface area contributed by atoms with E-state index in [1.54, 1.807) is 0 Å². The third-order valence-electron chi connectivity index (χ3n) is 12.4. The van der Waals surface area contributed by atoms with E-state index >= 15 is 0 Å². The van der Waals surface area contributed by atoms with Gasteiger partial charge in [-0.15, -0.1) is 0 Å². The van der Waals surface area contributed by atoms with Crippen LogP contribution in [-0.4, -0.2) is 9.97 Å². The van der Waals surface area contributed by atoms with Crippen LogP contribution in [-0.2, 0) is 5.41 Å². The van der Waals surface area contributed by atoms with Gasteiger partial charge in [-0.2, -0.15) is 0 Å². The van der Waals surface area contributed by atoms with Gasteiger partial charge < -0.3 is 0 Å². The van der Waals surface area contributed by atoms with Crippen LogP contribution in [0.3, 0.4) is 0 Å². The van der Waals surface area contributed by atoms with Gasteiger partial charge in [0.2, 0.25) is 0 Å². The van der Waals surface area contributed by atoms with Crippen LogP contribution in [0.25, 0.3) is 67.3 Å². The maximum absolute atomic E-state index is 5.63. The van der Waals surface area contributed by atoms with Crippen molar-refractivity contribution in [3.05, 3.63) is 228 Å². The Bertz CT molecular complexity index is 2730. The van der Waals surface area contributed by atoms with E-state index in [1.165, 1.54) is 44.5 Å². The summed E-state index contributed by atoms with van der Waals surface area (Å²) in [6, 6.07) is 63.8. The minimum absolute atomic E-state index is 0.211. The highest BCUT2D eigenvalue weighted by molar-refractivity contribution is 5.89. The van der Waals surface area contributed by atoms with Crippen LogP contribution in [0, 0.1) is 12.8 Å². The standard InChI is InChI=1S/C54H38N2/c1-35-51(40-23-14-21-38(33-40)36-17-4-2-5-18-36)55-53(56-52(35)41-24-15-22-39(34-41)37-19-6-3-7-20-37)46-29-16-28-45-44-27-10-13-32-49(44)54(50(45)46)47-30-11-8-25-42(47)43-26-9-12-31-48(43)54/h2-34,44,49H,1H3. The molecule has 8 aromatic rings. The minimum atomic E-state index is -0.403. The molecule has 0 saturated heterocycles. The molecule has 0 aliphatic heterocycles. The largest absolute Gasteiger partial charge is 0.228 e. The van der Waals surface area contributed by atoms with Crippen LogP contribution in [0.4, 0.5) is 0 Å². The maximum Gasteiger partial charge on any atom is 0.160 e. The highest BCUT2D eigenvalue weighted by atomic mass is 14.9. The fourth-order valence-corrected chi connectivity index (χ4v) is 10.0. The van der Waals surface area contributed by atoms with Crippen LogP contribution < -0.4 is 0 Å². The molecule has 3 aliphatic carbocycles. The van der Waals surface area contributed by atoms with Crippen LogP contribution in [0.1, 0.15) is 33.7 Å². The van der Waals surface area contributed by atoms with Crippen molar-refractivity contribution >= 4 is 0 Å². The number of benzene rings is 7. The van der Waals surface area contributed by atoms with E-state index in [0.29, 0.717) is 0 Å². The first-order valence-corrected chi connectivity index (χ1v) is 19.6. The summed E-state index contributed by atoms with van der Waals surface area (Å²) in [7, 11) is 0. The molecule has 0 bridgehead atoms. The minimum Gasteiger partial charge on any atom is -0.228 e. The van der Waals surface area contributed by atoms with Crippen molar-refractivity contribution in [3.63, 3.8) is 0 Å². The molecule has 0 radical (unpaired) electrons. The van der Waals surface area contributed by atoms with Crippen molar-refractivity contribution in [1.29, 1.82) is 0 Å². The van der Waals surface area contributed by atoms with Gasteiger partial charge in [-0.05, 0) is 74.7 Å². The quantitative estimate of drug-likeness (QED) is 0.177. The van der Waals surface area contributed by atoms with E-state index in [4.69, 9.17) is 9.97 Å². The van der Waals surface area contributed by atoms with E-state index < -0.39 is 5.41 Å². The molecular weight excluding hydrogens is 677 g/mol. The number of hydrogen-bond acceptors (Lipinski definition) is 2. The van der Waals surface area contributed by atoms with E-state index in [-0.39, 0.29) is 11.8 Å². The Labute approximate surface area is 328 Å². The van der Waals surface area contributed by atoms with Crippen molar-refractivity contribution in [2.45, 2.75) is 18.3 Å². The second-order valence-corrected chi connectivity index (χ2v) is 15.3. The summed E-state index contributed by atoms with van der Waals surface area (Å²) in [5.41, 5.74) is 18.5. The fourth-order valence-electron chi connectivity index (χ4n) is 10.0. The lowest BCUT2D eigenvalue weighted by molar-refractivity contribution is 0.466. The van der Waals surface area contributed by atoms with Gasteiger partial charge in [0.15, 0.2) is 5.82 Å². The second kappa shape index (κ2) is 12.9. The zero-order valence-electron chi connectivity index (χ0n) is 31.1. The van der Waals surface area contributed by atoms with Crippen LogP contribution in [0.2, 0.25) is 0 Å². The first-order valence-electron chi connectivity index (χ1n) is 19.6. The molecule has 7 aromatic carbocycles. The van der Waals surface area contributed by atoms with Crippen LogP contribution in [0.15, 0.2) is 200 Å². The molecular formula is C54H38N2. The third kappa shape index (κ3) is 4.82. The molecule has 0 saturated carbocycles. The molecule has 2 unspecified atom stereocenters. The van der Waals surface area contributed by atoms with Gasteiger partial charge in [-0.1, -0.05) is 188 Å². The first kappa shape index (κ1) is 32.5.